The summed E-state index contributed by atoms with van der Waals surface area (Å²) in [4.78, 5) is 40.0. The number of amidine groups is 1. The van der Waals surface area contributed by atoms with Gasteiger partial charge in [-0.3, -0.25) is 14.6 Å². The minimum atomic E-state index is -4.56. The van der Waals surface area contributed by atoms with Crippen LogP contribution in [-0.4, -0.2) is 62.6 Å². The first-order valence-electron chi connectivity index (χ1n) is 13.2. The third-order valence-corrected chi connectivity index (χ3v) is 7.35. The molecular weight excluding hydrogens is 539 g/mol. The van der Waals surface area contributed by atoms with Gasteiger partial charge in [0.2, 0.25) is 5.70 Å². The summed E-state index contributed by atoms with van der Waals surface area (Å²) in [5.74, 6) is 6.05. The molecule has 0 spiro atoms. The Kier molecular flexibility index (Phi) is 7.60. The first-order chi connectivity index (χ1) is 19.5. The number of likely N-dealkylation sites (tertiary alicyclic amines) is 1. The Morgan fingerprint density at radius 3 is 2.71 bits per heavy atom. The molecular formula is C28H29F3N7O3+. The Labute approximate surface area is 234 Å². The third-order valence-electron chi connectivity index (χ3n) is 7.35. The number of hydrogen-bond acceptors (Lipinski definition) is 7. The number of rotatable bonds is 6. The van der Waals surface area contributed by atoms with Gasteiger partial charge in [0.1, 0.15) is 23.8 Å². The van der Waals surface area contributed by atoms with Crippen LogP contribution in [0.1, 0.15) is 47.7 Å². The molecule has 2 amide bonds. The number of quaternary nitrogens is 1. The van der Waals surface area contributed by atoms with E-state index in [0.717, 1.165) is 31.2 Å². The number of alkyl halides is 3. The topological polar surface area (TPSA) is 133 Å². The van der Waals surface area contributed by atoms with Gasteiger partial charge in [-0.2, -0.15) is 24.0 Å². The fraction of sp³-hybridized carbons (Fsp3) is 0.321. The number of halogens is 3. The zero-order valence-electron chi connectivity index (χ0n) is 22.2. The van der Waals surface area contributed by atoms with E-state index in [-0.39, 0.29) is 27.8 Å². The maximum absolute atomic E-state index is 13.0. The van der Waals surface area contributed by atoms with Crippen LogP contribution in [0, 0.1) is 5.92 Å². The highest BCUT2D eigenvalue weighted by Gasteiger charge is 2.46. The number of carbonyl (C=O) groups excluding carboxylic acids is 2. The number of nitrogens with zero attached hydrogens (tertiary/aromatic N) is 5. The van der Waals surface area contributed by atoms with E-state index >= 15 is 0 Å². The molecule has 4 N–H and O–H groups in total. The molecule has 3 aliphatic heterocycles. The summed E-state index contributed by atoms with van der Waals surface area (Å²) in [7, 11) is 0. The van der Waals surface area contributed by atoms with Crippen LogP contribution in [0.3, 0.4) is 0 Å². The van der Waals surface area contributed by atoms with Crippen molar-refractivity contribution in [1.82, 2.24) is 9.88 Å². The van der Waals surface area contributed by atoms with Crippen molar-refractivity contribution in [3.05, 3.63) is 83.1 Å². The number of aromatic nitrogens is 1. The van der Waals surface area contributed by atoms with Crippen molar-refractivity contribution >= 4 is 29.7 Å². The molecule has 4 heterocycles. The summed E-state index contributed by atoms with van der Waals surface area (Å²) in [5.41, 5.74) is 1.28. The van der Waals surface area contributed by atoms with Crippen molar-refractivity contribution in [3.63, 3.8) is 0 Å². The average Bonchev–Trinajstić information content (AvgIpc) is 3.29. The lowest BCUT2D eigenvalue weighted by molar-refractivity contribution is -0.750. The van der Waals surface area contributed by atoms with E-state index in [0.29, 0.717) is 42.3 Å². The van der Waals surface area contributed by atoms with E-state index in [4.69, 9.17) is 10.8 Å². The molecule has 2 aromatic rings. The van der Waals surface area contributed by atoms with E-state index in [1.54, 1.807) is 42.6 Å². The van der Waals surface area contributed by atoms with E-state index in [1.807, 2.05) is 0 Å². The maximum Gasteiger partial charge on any atom is 0.416 e. The number of hydrogen-bond donors (Lipinski definition) is 3. The number of aliphatic imine (C=N–C) groups is 2. The fourth-order valence-electron chi connectivity index (χ4n) is 5.13. The van der Waals surface area contributed by atoms with Crippen LogP contribution in [0.15, 0.2) is 76.4 Å². The highest BCUT2D eigenvalue weighted by atomic mass is 19.4. The molecule has 1 fully saturated rings. The van der Waals surface area contributed by atoms with Crippen LogP contribution in [-0.2, 0) is 11.0 Å². The van der Waals surface area contributed by atoms with Gasteiger partial charge < -0.3 is 15.3 Å². The van der Waals surface area contributed by atoms with Gasteiger partial charge in [0, 0.05) is 30.8 Å². The maximum atomic E-state index is 13.0. The lowest BCUT2D eigenvalue weighted by Gasteiger charge is -2.34. The highest BCUT2D eigenvalue weighted by molar-refractivity contribution is 6.05. The molecule has 0 radical (unpaired) electrons. The normalized spacial score (nSPS) is 22.8. The molecule has 3 aliphatic rings. The second kappa shape index (κ2) is 11.0. The first-order valence-corrected chi connectivity index (χ1v) is 13.2. The number of aliphatic hydroxyl groups excluding tert-OH is 1. The van der Waals surface area contributed by atoms with Crippen LogP contribution in [0.2, 0.25) is 0 Å². The number of piperidine rings is 1. The molecule has 3 atom stereocenters. The molecule has 2 unspecified atom stereocenters. The number of allylic oxidation sites excluding steroid dienone is 1. The quantitative estimate of drug-likeness (QED) is 0.362. The number of fused-ring (bicyclic) bond motifs is 1. The summed E-state index contributed by atoms with van der Waals surface area (Å²) in [6, 6.07) is 7.97. The van der Waals surface area contributed by atoms with Gasteiger partial charge in [0.25, 0.3) is 17.6 Å². The molecule has 214 valence electrons. The minimum Gasteiger partial charge on any atom is -0.383 e. The monoisotopic (exact) mass is 568 g/mol. The zero-order chi connectivity index (χ0) is 29.4. The molecule has 0 aliphatic carbocycles. The van der Waals surface area contributed by atoms with Crippen LogP contribution < -0.4 is 11.2 Å². The van der Waals surface area contributed by atoms with Crippen LogP contribution in [0.5, 0.6) is 0 Å². The second-order valence-corrected chi connectivity index (χ2v) is 10.1. The Hall–Kier alpha value is -4.20. The Morgan fingerprint density at radius 1 is 1.24 bits per heavy atom. The predicted octanol–water partition coefficient (Wildman–Crippen LogP) is 3.58. The van der Waals surface area contributed by atoms with Crippen LogP contribution >= 0.6 is 0 Å². The van der Waals surface area contributed by atoms with Gasteiger partial charge >= 0.3 is 6.18 Å². The summed E-state index contributed by atoms with van der Waals surface area (Å²) in [6.45, 7) is 2.71. The summed E-state index contributed by atoms with van der Waals surface area (Å²) >= 11 is 0. The van der Waals surface area contributed by atoms with Crippen molar-refractivity contribution < 1.29 is 32.5 Å². The number of anilines is 1. The Morgan fingerprint density at radius 2 is 2.00 bits per heavy atom. The zero-order valence-corrected chi connectivity index (χ0v) is 22.2. The molecule has 41 heavy (non-hydrogen) atoms. The minimum absolute atomic E-state index is 0.117. The van der Waals surface area contributed by atoms with Crippen molar-refractivity contribution in [1.29, 1.82) is 0 Å². The molecule has 1 saturated heterocycles. The second-order valence-electron chi connectivity index (χ2n) is 10.1. The predicted molar refractivity (Wildman–Crippen MR) is 145 cm³/mol. The van der Waals surface area contributed by atoms with Crippen LogP contribution in [0.25, 0.3) is 0 Å². The molecule has 1 aromatic carbocycles. The number of aliphatic hydroxyl groups is 1. The SMILES string of the molecule is CCC(O)C(=O)N1CCC[C@@H](C2=C3C=NC=C[N+]3(N)C(c3ccc(C(=O)Nc4cc(C(F)(F)F)ccn4)cc3)=N2)C1. The average molecular weight is 569 g/mol. The number of amides is 2. The van der Waals surface area contributed by atoms with Gasteiger partial charge in [-0.25, -0.2) is 4.98 Å². The fourth-order valence-corrected chi connectivity index (χ4v) is 5.13. The number of carbonyl (C=O) groups is 2. The van der Waals surface area contributed by atoms with Crippen LogP contribution in [0.4, 0.5) is 19.0 Å². The standard InChI is InChI=1S/C28H28F3N7O3/c1-2-22(39)27(41)37-12-3-4-19(16-37)24-21-15-33-11-13-38(21,32)25(36-24)17-5-7-18(8-6-17)26(40)35-23-14-20(9-10-34-23)28(29,30)31/h5-11,13-15,19,22,39H,2-4,12,16,32H2,1H3/p+1/t19-,22?,38?/m1/s1. The molecule has 5 rings (SSSR count). The van der Waals surface area contributed by atoms with Crippen molar-refractivity contribution in [3.8, 4) is 0 Å². The Balaban J connectivity index is 1.38. The van der Waals surface area contributed by atoms with Gasteiger partial charge in [-0.05, 0) is 55.7 Å². The molecule has 1 aromatic heterocycles. The van der Waals surface area contributed by atoms with E-state index < -0.39 is 23.8 Å². The van der Waals surface area contributed by atoms with E-state index in [2.05, 4.69) is 15.3 Å². The number of nitrogens with two attached hydrogens (primary N) is 1. The van der Waals surface area contributed by atoms with Crippen molar-refractivity contribution in [2.45, 2.75) is 38.5 Å². The lowest BCUT2D eigenvalue weighted by atomic mass is 9.93. The molecule has 0 saturated carbocycles. The van der Waals surface area contributed by atoms with E-state index in [9.17, 15) is 27.9 Å². The smallest absolute Gasteiger partial charge is 0.383 e. The summed E-state index contributed by atoms with van der Waals surface area (Å²) < 4.78 is 38.8. The number of nitrogens with one attached hydrogen (secondary N) is 1. The van der Waals surface area contributed by atoms with E-state index in [1.165, 1.54) is 12.1 Å². The first kappa shape index (κ1) is 28.3. The Bertz CT molecular complexity index is 1480. The molecule has 0 bridgehead atoms. The van der Waals surface area contributed by atoms with Crippen molar-refractivity contribution in [2.24, 2.45) is 21.7 Å². The number of benzene rings is 1. The van der Waals surface area contributed by atoms with Crippen molar-refractivity contribution in [2.75, 3.05) is 18.4 Å². The van der Waals surface area contributed by atoms with Gasteiger partial charge in [0.05, 0.1) is 23.5 Å². The lowest BCUT2D eigenvalue weighted by Crippen LogP contribution is -2.53. The molecule has 10 nitrogen and oxygen atoms in total. The largest absolute Gasteiger partial charge is 0.416 e. The van der Waals surface area contributed by atoms with Gasteiger partial charge in [-0.1, -0.05) is 6.92 Å². The molecule has 13 heteroatoms. The number of pyridine rings is 1. The third kappa shape index (κ3) is 5.56. The van der Waals surface area contributed by atoms with Gasteiger partial charge in [0.15, 0.2) is 0 Å². The summed E-state index contributed by atoms with van der Waals surface area (Å²) in [6.07, 6.45) is 2.14. The summed E-state index contributed by atoms with van der Waals surface area (Å²) in [5, 5.41) is 12.5. The van der Waals surface area contributed by atoms with Gasteiger partial charge in [-0.15, -0.1) is 4.59 Å². The highest BCUT2D eigenvalue weighted by Crippen LogP contribution is 2.37.